The van der Waals surface area contributed by atoms with E-state index < -0.39 is 38.6 Å². The van der Waals surface area contributed by atoms with E-state index >= 15 is 0 Å². The summed E-state index contributed by atoms with van der Waals surface area (Å²) >= 11 is 0. The molecule has 1 fully saturated rings. The van der Waals surface area contributed by atoms with Gasteiger partial charge in [-0.05, 0) is 25.1 Å². The Morgan fingerprint density at radius 3 is 2.25 bits per heavy atom. The molecule has 11 heteroatoms. The van der Waals surface area contributed by atoms with E-state index in [1.807, 2.05) is 4.90 Å². The van der Waals surface area contributed by atoms with Crippen molar-refractivity contribution in [2.45, 2.75) is 30.6 Å². The number of benzene rings is 2. The van der Waals surface area contributed by atoms with E-state index in [1.54, 1.807) is 18.2 Å². The fourth-order valence-electron chi connectivity index (χ4n) is 3.55. The third-order valence-electron chi connectivity index (χ3n) is 5.22. The van der Waals surface area contributed by atoms with Gasteiger partial charge in [0.1, 0.15) is 5.82 Å². The highest BCUT2D eigenvalue weighted by molar-refractivity contribution is 7.89. The zero-order valence-corrected chi connectivity index (χ0v) is 18.1. The van der Waals surface area contributed by atoms with Gasteiger partial charge in [0, 0.05) is 38.3 Å². The maximum absolute atomic E-state index is 13.8. The van der Waals surface area contributed by atoms with Crippen molar-refractivity contribution < 1.29 is 30.8 Å². The van der Waals surface area contributed by atoms with Gasteiger partial charge in [0.2, 0.25) is 15.9 Å². The third kappa shape index (κ3) is 5.64. The number of halogens is 4. The molecule has 1 amide bonds. The maximum Gasteiger partial charge on any atom is 0.417 e. The lowest BCUT2D eigenvalue weighted by molar-refractivity contribution is -0.139. The van der Waals surface area contributed by atoms with Crippen molar-refractivity contribution in [3.8, 4) is 0 Å². The van der Waals surface area contributed by atoms with Gasteiger partial charge in [-0.3, -0.25) is 9.69 Å². The molecule has 174 valence electrons. The van der Waals surface area contributed by atoms with Crippen LogP contribution in [-0.2, 0) is 27.5 Å². The van der Waals surface area contributed by atoms with Crippen molar-refractivity contribution in [1.82, 2.24) is 14.5 Å². The van der Waals surface area contributed by atoms with Crippen LogP contribution in [0.1, 0.15) is 18.1 Å². The lowest BCUT2D eigenvalue weighted by atomic mass is 10.2. The Labute approximate surface area is 183 Å². The Bertz CT molecular complexity index is 1070. The summed E-state index contributed by atoms with van der Waals surface area (Å²) in [5, 5.41) is 0. The summed E-state index contributed by atoms with van der Waals surface area (Å²) in [6, 6.07) is 8.96. The van der Waals surface area contributed by atoms with E-state index in [-0.39, 0.29) is 5.82 Å². The van der Waals surface area contributed by atoms with E-state index in [1.165, 1.54) is 24.0 Å². The minimum Gasteiger partial charge on any atom is -0.339 e. The summed E-state index contributed by atoms with van der Waals surface area (Å²) in [6.45, 7) is 3.16. The Morgan fingerprint density at radius 2 is 1.62 bits per heavy atom. The highest BCUT2D eigenvalue weighted by Gasteiger charge is 2.38. The Balaban J connectivity index is 1.61. The average molecular weight is 473 g/mol. The molecule has 0 saturated carbocycles. The van der Waals surface area contributed by atoms with Crippen molar-refractivity contribution in [2.75, 3.05) is 26.2 Å². The molecule has 3 rings (SSSR count). The second-order valence-corrected chi connectivity index (χ2v) is 9.21. The zero-order valence-electron chi connectivity index (χ0n) is 17.3. The number of piperazine rings is 1. The normalized spacial score (nSPS) is 16.7. The summed E-state index contributed by atoms with van der Waals surface area (Å²) in [4.78, 5) is 15.2. The van der Waals surface area contributed by atoms with Gasteiger partial charge in [0.15, 0.2) is 0 Å². The smallest absolute Gasteiger partial charge is 0.339 e. The molecular formula is C21H23F4N3O3S. The molecular weight excluding hydrogens is 450 g/mol. The standard InChI is InChI=1S/C21H23F4N3O3S/c1-15(26-32(30,31)19-9-5-3-7-17(19)21(23,24)25)20(29)28-12-10-27(11-13-28)14-16-6-2-4-8-18(16)22/h2-9,15,26H,10-14H2,1H3/t15-/m1/s1. The third-order valence-corrected chi connectivity index (χ3v) is 6.82. The van der Waals surface area contributed by atoms with Gasteiger partial charge < -0.3 is 4.90 Å². The second-order valence-electron chi connectivity index (χ2n) is 7.53. The minimum atomic E-state index is -4.85. The van der Waals surface area contributed by atoms with E-state index in [0.29, 0.717) is 44.4 Å². The lowest BCUT2D eigenvalue weighted by Crippen LogP contribution is -2.54. The number of hydrogen-bond donors (Lipinski definition) is 1. The molecule has 1 atom stereocenters. The number of nitrogens with zero attached hydrogens (tertiary/aromatic N) is 2. The summed E-state index contributed by atoms with van der Waals surface area (Å²) in [5.41, 5.74) is -0.759. The Hall–Kier alpha value is -2.50. The second kappa shape index (κ2) is 9.55. The van der Waals surface area contributed by atoms with Gasteiger partial charge in [0.25, 0.3) is 0 Å². The zero-order chi connectivity index (χ0) is 23.5. The molecule has 1 N–H and O–H groups in total. The number of amides is 1. The van der Waals surface area contributed by atoms with Gasteiger partial charge in [-0.15, -0.1) is 0 Å². The average Bonchev–Trinajstić information content (AvgIpc) is 2.74. The van der Waals surface area contributed by atoms with Crippen LogP contribution in [0.15, 0.2) is 53.4 Å². The van der Waals surface area contributed by atoms with Gasteiger partial charge in [-0.2, -0.15) is 17.9 Å². The van der Waals surface area contributed by atoms with Crippen LogP contribution in [0.4, 0.5) is 17.6 Å². The number of nitrogens with one attached hydrogen (secondary N) is 1. The number of alkyl halides is 3. The van der Waals surface area contributed by atoms with E-state index in [4.69, 9.17) is 0 Å². The number of carbonyl (C=O) groups excluding carboxylic acids is 1. The van der Waals surface area contributed by atoms with Crippen molar-refractivity contribution in [1.29, 1.82) is 0 Å². The topological polar surface area (TPSA) is 69.7 Å². The number of hydrogen-bond acceptors (Lipinski definition) is 4. The van der Waals surface area contributed by atoms with Crippen LogP contribution in [0.25, 0.3) is 0 Å². The van der Waals surface area contributed by atoms with Gasteiger partial charge >= 0.3 is 6.18 Å². The summed E-state index contributed by atoms with van der Waals surface area (Å²) in [6.07, 6.45) is -4.85. The molecule has 2 aromatic rings. The van der Waals surface area contributed by atoms with E-state index in [9.17, 15) is 30.8 Å². The van der Waals surface area contributed by atoms with Crippen molar-refractivity contribution in [3.05, 3.63) is 65.5 Å². The SMILES string of the molecule is C[C@@H](NS(=O)(=O)c1ccccc1C(F)(F)F)C(=O)N1CCN(Cc2ccccc2F)CC1. The Kier molecular flexibility index (Phi) is 7.21. The van der Waals surface area contributed by atoms with Crippen molar-refractivity contribution in [3.63, 3.8) is 0 Å². The van der Waals surface area contributed by atoms with Crippen LogP contribution in [0, 0.1) is 5.82 Å². The minimum absolute atomic E-state index is 0.290. The lowest BCUT2D eigenvalue weighted by Gasteiger charge is -2.36. The summed E-state index contributed by atoms with van der Waals surface area (Å²) in [5.74, 6) is -0.850. The van der Waals surface area contributed by atoms with Gasteiger partial charge in [-0.1, -0.05) is 30.3 Å². The number of carbonyl (C=O) groups is 1. The molecule has 6 nitrogen and oxygen atoms in total. The van der Waals surface area contributed by atoms with Crippen LogP contribution in [0.3, 0.4) is 0 Å². The highest BCUT2D eigenvalue weighted by atomic mass is 32.2. The summed E-state index contributed by atoms with van der Waals surface area (Å²) in [7, 11) is -4.58. The predicted octanol–water partition coefficient (Wildman–Crippen LogP) is 2.86. The Morgan fingerprint density at radius 1 is 1.03 bits per heavy atom. The first-order chi connectivity index (χ1) is 15.0. The highest BCUT2D eigenvalue weighted by Crippen LogP contribution is 2.34. The molecule has 32 heavy (non-hydrogen) atoms. The van der Waals surface area contributed by atoms with Crippen LogP contribution >= 0.6 is 0 Å². The van der Waals surface area contributed by atoms with Gasteiger partial charge in [0.05, 0.1) is 16.5 Å². The molecule has 0 radical (unpaired) electrons. The maximum atomic E-state index is 13.8. The number of rotatable bonds is 6. The molecule has 1 saturated heterocycles. The molecule has 1 aliphatic heterocycles. The van der Waals surface area contributed by atoms with Crippen LogP contribution < -0.4 is 4.72 Å². The first kappa shape index (κ1) is 24.1. The van der Waals surface area contributed by atoms with Crippen LogP contribution in [0.2, 0.25) is 0 Å². The fraction of sp³-hybridized carbons (Fsp3) is 0.381. The fourth-order valence-corrected chi connectivity index (χ4v) is 4.97. The quantitative estimate of drug-likeness (QED) is 0.656. The molecule has 1 aliphatic rings. The first-order valence-corrected chi connectivity index (χ1v) is 11.4. The first-order valence-electron chi connectivity index (χ1n) is 9.92. The van der Waals surface area contributed by atoms with E-state index in [2.05, 4.69) is 4.72 Å². The molecule has 0 bridgehead atoms. The molecule has 0 aliphatic carbocycles. The van der Waals surface area contributed by atoms with Gasteiger partial charge in [-0.25, -0.2) is 12.8 Å². The monoisotopic (exact) mass is 473 g/mol. The van der Waals surface area contributed by atoms with Crippen molar-refractivity contribution in [2.24, 2.45) is 0 Å². The molecule has 1 heterocycles. The van der Waals surface area contributed by atoms with Crippen LogP contribution in [-0.4, -0.2) is 56.3 Å². The van der Waals surface area contributed by atoms with E-state index in [0.717, 1.165) is 12.1 Å². The van der Waals surface area contributed by atoms with Crippen molar-refractivity contribution >= 4 is 15.9 Å². The number of sulfonamides is 1. The molecule has 0 spiro atoms. The molecule has 0 aromatic heterocycles. The molecule has 0 unspecified atom stereocenters. The van der Waals surface area contributed by atoms with Crippen LogP contribution in [0.5, 0.6) is 0 Å². The largest absolute Gasteiger partial charge is 0.417 e. The molecule has 2 aromatic carbocycles. The predicted molar refractivity (Wildman–Crippen MR) is 109 cm³/mol. The summed E-state index contributed by atoms with van der Waals surface area (Å²) < 4.78 is 80.6.